The molecular weight excluding hydrogens is 234 g/mol. The van der Waals surface area contributed by atoms with Crippen molar-refractivity contribution >= 4 is 0 Å². The topological polar surface area (TPSA) is 35.8 Å². The van der Waals surface area contributed by atoms with Crippen LogP contribution in [0.5, 0.6) is 0 Å². The van der Waals surface area contributed by atoms with Crippen molar-refractivity contribution in [3.8, 4) is 6.07 Å². The maximum Gasteiger partial charge on any atom is 0.131 e. The van der Waals surface area contributed by atoms with Gasteiger partial charge in [-0.1, -0.05) is 12.8 Å². The fraction of sp³-hybridized carbons (Fsp3) is 0.500. The zero-order chi connectivity index (χ0) is 13.0. The third-order valence-corrected chi connectivity index (χ3v) is 3.23. The summed E-state index contributed by atoms with van der Waals surface area (Å²) in [5.41, 5.74) is 0.0305. The van der Waals surface area contributed by atoms with Gasteiger partial charge in [0.1, 0.15) is 11.6 Å². The van der Waals surface area contributed by atoms with Crippen LogP contribution in [0.3, 0.4) is 0 Å². The minimum Gasteiger partial charge on any atom is -0.312 e. The predicted octanol–water partition coefficient (Wildman–Crippen LogP) is 3.12. The summed E-state index contributed by atoms with van der Waals surface area (Å²) in [6.45, 7) is 0.948. The molecule has 0 heterocycles. The third kappa shape index (κ3) is 3.51. The summed E-state index contributed by atoms with van der Waals surface area (Å²) in [5, 5.41) is 11.6. The van der Waals surface area contributed by atoms with Crippen LogP contribution in [-0.2, 0) is 6.54 Å². The van der Waals surface area contributed by atoms with Gasteiger partial charge in [-0.3, -0.25) is 0 Å². The van der Waals surface area contributed by atoms with Crippen LogP contribution in [0.4, 0.5) is 8.78 Å². The van der Waals surface area contributed by atoms with Crippen molar-refractivity contribution < 1.29 is 8.78 Å². The van der Waals surface area contributed by atoms with E-state index in [9.17, 15) is 8.78 Å². The molecule has 1 aliphatic carbocycles. The molecule has 18 heavy (non-hydrogen) atoms. The fourth-order valence-electron chi connectivity index (χ4n) is 1.97. The molecule has 0 aliphatic heterocycles. The molecule has 2 nitrogen and oxygen atoms in total. The molecule has 2 rings (SSSR count). The number of nitriles is 1. The number of hydrogen-bond acceptors (Lipinski definition) is 2. The van der Waals surface area contributed by atoms with Gasteiger partial charge in [-0.25, -0.2) is 8.78 Å². The van der Waals surface area contributed by atoms with E-state index in [2.05, 4.69) is 5.32 Å². The van der Waals surface area contributed by atoms with E-state index in [-0.39, 0.29) is 17.7 Å². The van der Waals surface area contributed by atoms with Crippen molar-refractivity contribution in [2.24, 2.45) is 5.92 Å². The minimum absolute atomic E-state index is 0.0143. The van der Waals surface area contributed by atoms with Gasteiger partial charge in [0.15, 0.2) is 0 Å². The lowest BCUT2D eigenvalue weighted by Gasteiger charge is -2.07. The summed E-state index contributed by atoms with van der Waals surface area (Å²) in [7, 11) is 0. The van der Waals surface area contributed by atoms with E-state index in [0.717, 1.165) is 31.0 Å². The fourth-order valence-corrected chi connectivity index (χ4v) is 1.97. The first-order valence-corrected chi connectivity index (χ1v) is 6.29. The van der Waals surface area contributed by atoms with Gasteiger partial charge in [-0.15, -0.1) is 0 Å². The predicted molar refractivity (Wildman–Crippen MR) is 64.7 cm³/mol. The Balaban J connectivity index is 1.82. The number of rotatable bonds is 6. The molecule has 1 aromatic carbocycles. The second kappa shape index (κ2) is 5.92. The highest BCUT2D eigenvalue weighted by Crippen LogP contribution is 2.33. The van der Waals surface area contributed by atoms with Crippen LogP contribution in [-0.4, -0.2) is 6.54 Å². The molecule has 1 fully saturated rings. The Labute approximate surface area is 106 Å². The van der Waals surface area contributed by atoms with E-state index in [1.807, 2.05) is 0 Å². The van der Waals surface area contributed by atoms with E-state index in [0.29, 0.717) is 0 Å². The molecule has 0 amide bonds. The molecule has 0 aromatic heterocycles. The molecule has 96 valence electrons. The van der Waals surface area contributed by atoms with E-state index < -0.39 is 11.6 Å². The molecule has 1 aliphatic rings. The lowest BCUT2D eigenvalue weighted by atomic mass is 10.1. The summed E-state index contributed by atoms with van der Waals surface area (Å²) < 4.78 is 27.0. The van der Waals surface area contributed by atoms with Gasteiger partial charge in [-0.05, 0) is 37.4 Å². The zero-order valence-corrected chi connectivity index (χ0v) is 10.2. The maximum absolute atomic E-state index is 13.5. The monoisotopic (exact) mass is 250 g/mol. The summed E-state index contributed by atoms with van der Waals surface area (Å²) >= 11 is 0. The highest BCUT2D eigenvalue weighted by atomic mass is 19.1. The molecule has 0 spiro atoms. The molecule has 1 saturated carbocycles. The standard InChI is InChI=1S/C14H16F2N2/c15-13-6-11(8-17)7-14(16)12(13)9-18-5-1-2-10-3-4-10/h6-7,10,18H,1-5,9H2. The van der Waals surface area contributed by atoms with Crippen LogP contribution in [0.25, 0.3) is 0 Å². The first-order chi connectivity index (χ1) is 8.70. The van der Waals surface area contributed by atoms with Gasteiger partial charge >= 0.3 is 0 Å². The zero-order valence-electron chi connectivity index (χ0n) is 10.2. The quantitative estimate of drug-likeness (QED) is 0.787. The normalized spacial score (nSPS) is 14.5. The Kier molecular flexibility index (Phi) is 4.27. The van der Waals surface area contributed by atoms with E-state index >= 15 is 0 Å². The largest absolute Gasteiger partial charge is 0.312 e. The average molecular weight is 250 g/mol. The number of halogens is 2. The Morgan fingerprint density at radius 1 is 1.28 bits per heavy atom. The maximum atomic E-state index is 13.5. The summed E-state index contributed by atoms with van der Waals surface area (Å²) in [6.07, 6.45) is 4.91. The highest BCUT2D eigenvalue weighted by Gasteiger charge is 2.20. The van der Waals surface area contributed by atoms with Gasteiger partial charge in [0.2, 0.25) is 0 Å². The van der Waals surface area contributed by atoms with Gasteiger partial charge in [0.05, 0.1) is 11.6 Å². The minimum atomic E-state index is -0.652. The summed E-state index contributed by atoms with van der Waals surface area (Å²) in [5.74, 6) is -0.419. The van der Waals surface area contributed by atoms with Crippen LogP contribution in [0.15, 0.2) is 12.1 Å². The first-order valence-electron chi connectivity index (χ1n) is 6.29. The molecule has 0 bridgehead atoms. The molecule has 0 unspecified atom stereocenters. The molecule has 1 N–H and O–H groups in total. The number of hydrogen-bond donors (Lipinski definition) is 1. The molecule has 0 radical (unpaired) electrons. The Morgan fingerprint density at radius 3 is 2.50 bits per heavy atom. The van der Waals surface area contributed by atoms with Gasteiger partial charge < -0.3 is 5.32 Å². The third-order valence-electron chi connectivity index (χ3n) is 3.23. The molecule has 4 heteroatoms. The van der Waals surface area contributed by atoms with Crippen molar-refractivity contribution in [3.63, 3.8) is 0 Å². The highest BCUT2D eigenvalue weighted by molar-refractivity contribution is 5.34. The Hall–Kier alpha value is -1.47. The van der Waals surface area contributed by atoms with E-state index in [4.69, 9.17) is 5.26 Å². The van der Waals surface area contributed by atoms with E-state index in [1.165, 1.54) is 19.3 Å². The number of nitrogens with zero attached hydrogens (tertiary/aromatic N) is 1. The molecular formula is C14H16F2N2. The van der Waals surface area contributed by atoms with Gasteiger partial charge in [0, 0.05) is 12.1 Å². The Bertz CT molecular complexity index is 438. The van der Waals surface area contributed by atoms with E-state index in [1.54, 1.807) is 6.07 Å². The summed E-state index contributed by atoms with van der Waals surface area (Å²) in [4.78, 5) is 0. The van der Waals surface area contributed by atoms with Crippen LogP contribution in [0.2, 0.25) is 0 Å². The van der Waals surface area contributed by atoms with Gasteiger partial charge in [0.25, 0.3) is 0 Å². The number of nitrogens with one attached hydrogen (secondary N) is 1. The Morgan fingerprint density at radius 2 is 1.94 bits per heavy atom. The lowest BCUT2D eigenvalue weighted by molar-refractivity contribution is 0.525. The van der Waals surface area contributed by atoms with Gasteiger partial charge in [-0.2, -0.15) is 5.26 Å². The average Bonchev–Trinajstić information content (AvgIpc) is 3.15. The smallest absolute Gasteiger partial charge is 0.131 e. The molecule has 0 atom stereocenters. The summed E-state index contributed by atoms with van der Waals surface area (Å²) in [6, 6.07) is 3.88. The van der Waals surface area contributed by atoms with Crippen LogP contribution in [0, 0.1) is 28.9 Å². The van der Waals surface area contributed by atoms with Crippen molar-refractivity contribution in [2.75, 3.05) is 6.54 Å². The van der Waals surface area contributed by atoms with Crippen molar-refractivity contribution in [1.29, 1.82) is 5.26 Å². The van der Waals surface area contributed by atoms with Crippen molar-refractivity contribution in [3.05, 3.63) is 34.9 Å². The molecule has 0 saturated heterocycles. The molecule has 1 aromatic rings. The van der Waals surface area contributed by atoms with Crippen LogP contribution in [0.1, 0.15) is 36.8 Å². The number of benzene rings is 1. The SMILES string of the molecule is N#Cc1cc(F)c(CNCCCC2CC2)c(F)c1. The van der Waals surface area contributed by atoms with Crippen molar-refractivity contribution in [2.45, 2.75) is 32.2 Å². The second-order valence-corrected chi connectivity index (χ2v) is 4.79. The second-order valence-electron chi connectivity index (χ2n) is 4.79. The van der Waals surface area contributed by atoms with Crippen LogP contribution < -0.4 is 5.32 Å². The van der Waals surface area contributed by atoms with Crippen molar-refractivity contribution in [1.82, 2.24) is 5.32 Å². The lowest BCUT2D eigenvalue weighted by Crippen LogP contribution is -2.17. The van der Waals surface area contributed by atoms with Crippen LogP contribution >= 0.6 is 0 Å². The first kappa shape index (κ1) is 13.0.